The molecule has 3 aliphatic heterocycles. The van der Waals surface area contributed by atoms with Gasteiger partial charge in [0, 0.05) is 57.0 Å². The monoisotopic (exact) mass is 492 g/mol. The van der Waals surface area contributed by atoms with Crippen LogP contribution in [0, 0.1) is 16.2 Å². The summed E-state index contributed by atoms with van der Waals surface area (Å²) in [5.74, 6) is 0. The summed E-state index contributed by atoms with van der Waals surface area (Å²) in [7, 11) is 0. The average Bonchev–Trinajstić information content (AvgIpc) is 2.69. The minimum absolute atomic E-state index is 0. The quantitative estimate of drug-likeness (QED) is 0.342. The van der Waals surface area contributed by atoms with Gasteiger partial charge in [-0.1, -0.05) is 107 Å². The maximum absolute atomic E-state index is 3.97. The zero-order valence-electron chi connectivity index (χ0n) is 25.9. The van der Waals surface area contributed by atoms with Crippen molar-refractivity contribution in [3.8, 4) is 0 Å². The van der Waals surface area contributed by atoms with E-state index in [0.29, 0.717) is 16.2 Å². The highest BCUT2D eigenvalue weighted by Gasteiger charge is 1.96. The summed E-state index contributed by atoms with van der Waals surface area (Å²) in [5, 5.41) is 3.02. The van der Waals surface area contributed by atoms with Gasteiger partial charge in [-0.2, -0.15) is 0 Å². The second kappa shape index (κ2) is 29.5. The lowest BCUT2D eigenvalue weighted by Crippen LogP contribution is -2.05. The molecule has 3 nitrogen and oxygen atoms in total. The van der Waals surface area contributed by atoms with E-state index in [1.54, 1.807) is 0 Å². The van der Waals surface area contributed by atoms with E-state index in [4.69, 9.17) is 0 Å². The van der Waals surface area contributed by atoms with Crippen molar-refractivity contribution in [3.05, 3.63) is 48.9 Å². The van der Waals surface area contributed by atoms with Gasteiger partial charge in [0.1, 0.15) is 0 Å². The summed E-state index contributed by atoms with van der Waals surface area (Å²) >= 11 is 0. The third kappa shape index (κ3) is 119. The van der Waals surface area contributed by atoms with Gasteiger partial charge in [-0.3, -0.25) is 9.98 Å². The van der Waals surface area contributed by atoms with Crippen LogP contribution < -0.4 is 5.32 Å². The number of rotatable bonds is 0. The molecule has 0 aromatic carbocycles. The molecule has 6 heteroatoms. The lowest BCUT2D eigenvalue weighted by molar-refractivity contribution is 0.469. The molecule has 0 aliphatic carbocycles. The van der Waals surface area contributed by atoms with Crippen LogP contribution in [-0.4, -0.2) is 50.8 Å². The Morgan fingerprint density at radius 1 is 0.583 bits per heavy atom. The van der Waals surface area contributed by atoms with Crippen LogP contribution in [0.1, 0.15) is 102 Å². The molecule has 201 valence electrons. The van der Waals surface area contributed by atoms with Gasteiger partial charge in [0.25, 0.3) is 0 Å². The van der Waals surface area contributed by atoms with E-state index in [1.807, 2.05) is 43.1 Å². The number of hydrogen-bond acceptors (Lipinski definition) is 3. The fraction of sp³-hybridized carbons (Fsp3) is 0.667. The van der Waals surface area contributed by atoms with Crippen molar-refractivity contribution in [1.29, 1.82) is 0 Å². The molecule has 0 spiro atoms. The summed E-state index contributed by atoms with van der Waals surface area (Å²) in [5.41, 5.74) is 1.50. The molecule has 0 fully saturated rings. The lowest BCUT2D eigenvalue weighted by atomic mass is 10.0. The normalized spacial score (nSPS) is 14.1. The minimum atomic E-state index is 0. The van der Waals surface area contributed by atoms with E-state index in [-0.39, 0.29) is 25.2 Å². The Balaban J connectivity index is -0.0000000740. The molecule has 0 saturated heterocycles. The first-order valence-corrected chi connectivity index (χ1v) is 12.4. The smallest absolute Gasteiger partial charge is 0.0423 e. The van der Waals surface area contributed by atoms with Crippen LogP contribution in [0.15, 0.2) is 58.8 Å². The van der Waals surface area contributed by atoms with Gasteiger partial charge in [-0.15, -0.1) is 0 Å². The van der Waals surface area contributed by atoms with Crippen LogP contribution in [0.25, 0.3) is 0 Å². The number of dihydropyridines is 2. The average molecular weight is 492 g/mol. The van der Waals surface area contributed by atoms with Gasteiger partial charge in [-0.25, -0.2) is 0 Å². The highest BCUT2D eigenvalue weighted by molar-refractivity contribution is 5.76. The van der Waals surface area contributed by atoms with E-state index >= 15 is 0 Å². The molecule has 3 aliphatic rings. The predicted molar refractivity (Wildman–Crippen MR) is 173 cm³/mol. The second-order valence-electron chi connectivity index (χ2n) is 12.8. The van der Waals surface area contributed by atoms with E-state index in [0.717, 1.165) is 25.9 Å². The Bertz CT molecular complexity index is 459. The highest BCUT2D eigenvalue weighted by Crippen LogP contribution is 2.09. The maximum Gasteiger partial charge on any atom is 0.0423 e. The first-order valence-electron chi connectivity index (χ1n) is 12.4. The molecule has 9 radical (unpaired) electrons. The summed E-state index contributed by atoms with van der Waals surface area (Å²) in [6.45, 7) is 28.2. The highest BCUT2D eigenvalue weighted by atomic mass is 14.8. The van der Waals surface area contributed by atoms with Crippen molar-refractivity contribution in [2.45, 2.75) is 102 Å². The van der Waals surface area contributed by atoms with Gasteiger partial charge in [0.05, 0.1) is 0 Å². The fourth-order valence-corrected chi connectivity index (χ4v) is 1.29. The minimum Gasteiger partial charge on any atom is -0.387 e. The van der Waals surface area contributed by atoms with Crippen molar-refractivity contribution in [2.24, 2.45) is 26.2 Å². The molecular formula is C30H57B3N3. The van der Waals surface area contributed by atoms with Crippen molar-refractivity contribution < 1.29 is 0 Å². The molecule has 0 atom stereocenters. The molecule has 36 heavy (non-hydrogen) atoms. The van der Waals surface area contributed by atoms with Gasteiger partial charge >= 0.3 is 0 Å². The Hall–Kier alpha value is -1.71. The summed E-state index contributed by atoms with van der Waals surface area (Å²) in [4.78, 5) is 7.84. The Kier molecular flexibility index (Phi) is 38.9. The SMILES string of the molecule is C1=CCCN=C1.C1=CCNC=C1.C1=CN=CCC1.CC(C)(C)C.CC(C)(C)C.CC(C)(C)C.[B].[B].[B]. The third-order valence-electron chi connectivity index (χ3n) is 2.21. The second-order valence-corrected chi connectivity index (χ2v) is 12.8. The van der Waals surface area contributed by atoms with Gasteiger partial charge in [-0.05, 0) is 53.9 Å². The molecule has 3 heterocycles. The largest absolute Gasteiger partial charge is 0.387 e. The molecule has 3 rings (SSSR count). The zero-order chi connectivity index (χ0) is 26.2. The zero-order valence-corrected chi connectivity index (χ0v) is 25.9. The molecule has 1 N–H and O–H groups in total. The molecule has 0 saturated carbocycles. The van der Waals surface area contributed by atoms with Crippen molar-refractivity contribution in [2.75, 3.05) is 13.1 Å². The molecular weight excluding hydrogens is 435 g/mol. The van der Waals surface area contributed by atoms with Gasteiger partial charge < -0.3 is 5.32 Å². The Morgan fingerprint density at radius 2 is 1.08 bits per heavy atom. The molecule has 0 unspecified atom stereocenters. The van der Waals surface area contributed by atoms with Crippen molar-refractivity contribution in [3.63, 3.8) is 0 Å². The summed E-state index contributed by atoms with van der Waals surface area (Å²) in [6.07, 6.45) is 23.2. The van der Waals surface area contributed by atoms with Crippen LogP contribution >= 0.6 is 0 Å². The number of allylic oxidation sites excluding steroid dienone is 4. The Morgan fingerprint density at radius 3 is 1.17 bits per heavy atom. The standard InChI is InChI=1S/3C5H7N.3C5H12.3B/c3*1-2-4-6-5-3-1;3*1-5(2,3)4;;;/h2,4-5H,1,3H2;1-2,4H,3,5H2;1-4,6H,5H2;3*1-4H3;;;. The first-order chi connectivity index (χ1) is 15.0. The predicted octanol–water partition coefficient (Wildman–Crippen LogP) is 8.06. The lowest BCUT2D eigenvalue weighted by Gasteiger charge is -2.05. The molecule has 0 aromatic heterocycles. The maximum atomic E-state index is 3.97. The van der Waals surface area contributed by atoms with Crippen LogP contribution in [0.3, 0.4) is 0 Å². The van der Waals surface area contributed by atoms with Gasteiger partial charge in [0.15, 0.2) is 0 Å². The van der Waals surface area contributed by atoms with E-state index < -0.39 is 0 Å². The third-order valence-corrected chi connectivity index (χ3v) is 2.21. The van der Waals surface area contributed by atoms with Gasteiger partial charge in [0.2, 0.25) is 0 Å². The summed E-state index contributed by atoms with van der Waals surface area (Å²) < 4.78 is 0. The van der Waals surface area contributed by atoms with Crippen LogP contribution in [0.4, 0.5) is 0 Å². The van der Waals surface area contributed by atoms with E-state index in [2.05, 4.69) is 117 Å². The molecule has 0 aromatic rings. The molecule has 0 bridgehead atoms. The number of hydrogen-bond donors (Lipinski definition) is 1. The fourth-order valence-electron chi connectivity index (χ4n) is 1.29. The Labute approximate surface area is 233 Å². The number of nitrogens with zero attached hydrogens (tertiary/aromatic N) is 2. The van der Waals surface area contributed by atoms with Crippen LogP contribution in [-0.2, 0) is 0 Å². The molecule has 0 amide bonds. The number of aliphatic imine (C=N–C) groups is 2. The van der Waals surface area contributed by atoms with Crippen molar-refractivity contribution in [1.82, 2.24) is 5.32 Å². The van der Waals surface area contributed by atoms with E-state index in [1.165, 1.54) is 6.42 Å². The van der Waals surface area contributed by atoms with E-state index in [9.17, 15) is 0 Å². The van der Waals surface area contributed by atoms with Crippen molar-refractivity contribution >= 4 is 37.7 Å². The summed E-state index contributed by atoms with van der Waals surface area (Å²) in [6, 6.07) is 0. The first kappa shape index (κ1) is 47.5. The topological polar surface area (TPSA) is 36.8 Å². The van der Waals surface area contributed by atoms with Crippen LogP contribution in [0.5, 0.6) is 0 Å². The number of nitrogens with one attached hydrogen (secondary N) is 1. The van der Waals surface area contributed by atoms with Crippen LogP contribution in [0.2, 0.25) is 0 Å².